The molecule has 6 nitrogen and oxygen atoms in total. The van der Waals surface area contributed by atoms with E-state index in [4.69, 9.17) is 19.9 Å². The highest BCUT2D eigenvalue weighted by Gasteiger charge is 2.34. The van der Waals surface area contributed by atoms with Crippen LogP contribution in [0, 0.1) is 0 Å². The summed E-state index contributed by atoms with van der Waals surface area (Å²) < 4.78 is 16.3. The zero-order valence-electron chi connectivity index (χ0n) is 16.4. The Hall–Kier alpha value is -1.79. The Morgan fingerprint density at radius 3 is 2.44 bits per heavy atom. The topological polar surface area (TPSA) is 74.0 Å². The summed E-state index contributed by atoms with van der Waals surface area (Å²) >= 11 is 0. The number of benzene rings is 1. The number of hydrogen-bond donors (Lipinski definition) is 1. The van der Waals surface area contributed by atoms with E-state index in [0.717, 1.165) is 44.3 Å². The molecule has 27 heavy (non-hydrogen) atoms. The predicted molar refractivity (Wildman–Crippen MR) is 104 cm³/mol. The molecule has 1 saturated heterocycles. The standard InChI is InChI=1S/C21H32N2O4/c1-25-17-9-5-15(6-10-17)16-7-11-18(12-8-16)27-14-20-19(22)4-3-13-23(20)21(24)26-2/h5-6,9-10,16,18-20H,3-4,7-8,11-14,22H2,1-2H3/t16?,18?,19?,20-/m0/s1. The van der Waals surface area contributed by atoms with Crippen LogP contribution in [0.4, 0.5) is 4.79 Å². The van der Waals surface area contributed by atoms with Crippen molar-refractivity contribution in [1.29, 1.82) is 0 Å². The van der Waals surface area contributed by atoms with E-state index in [2.05, 4.69) is 12.1 Å². The van der Waals surface area contributed by atoms with Crippen LogP contribution in [0.15, 0.2) is 24.3 Å². The Morgan fingerprint density at radius 2 is 1.81 bits per heavy atom. The number of methoxy groups -OCH3 is 2. The maximum Gasteiger partial charge on any atom is 0.409 e. The van der Waals surface area contributed by atoms with E-state index in [9.17, 15) is 4.79 Å². The van der Waals surface area contributed by atoms with E-state index in [1.165, 1.54) is 12.7 Å². The summed E-state index contributed by atoms with van der Waals surface area (Å²) in [6.07, 6.45) is 6.09. The number of likely N-dealkylation sites (tertiary alicyclic amines) is 1. The number of carbonyl (C=O) groups excluding carboxylic acids is 1. The predicted octanol–water partition coefficient (Wildman–Crippen LogP) is 3.30. The van der Waals surface area contributed by atoms with Gasteiger partial charge in [0.25, 0.3) is 0 Å². The molecule has 6 heteroatoms. The normalized spacial score (nSPS) is 28.6. The lowest BCUT2D eigenvalue weighted by Crippen LogP contribution is -2.56. The van der Waals surface area contributed by atoms with Crippen molar-refractivity contribution >= 4 is 6.09 Å². The van der Waals surface area contributed by atoms with Crippen LogP contribution in [0.2, 0.25) is 0 Å². The molecular weight excluding hydrogens is 344 g/mol. The Morgan fingerprint density at radius 1 is 1.11 bits per heavy atom. The minimum atomic E-state index is -0.304. The Labute approximate surface area is 161 Å². The summed E-state index contributed by atoms with van der Waals surface area (Å²) in [4.78, 5) is 13.7. The van der Waals surface area contributed by atoms with Gasteiger partial charge in [-0.3, -0.25) is 0 Å². The largest absolute Gasteiger partial charge is 0.497 e. The zero-order chi connectivity index (χ0) is 19.2. The minimum absolute atomic E-state index is 0.0477. The molecule has 1 unspecified atom stereocenters. The molecule has 3 rings (SSSR count). The third kappa shape index (κ3) is 4.93. The van der Waals surface area contributed by atoms with Gasteiger partial charge in [0.15, 0.2) is 0 Å². The van der Waals surface area contributed by atoms with Gasteiger partial charge in [-0.05, 0) is 62.1 Å². The van der Waals surface area contributed by atoms with Crippen LogP contribution in [0.3, 0.4) is 0 Å². The first-order valence-electron chi connectivity index (χ1n) is 9.98. The lowest BCUT2D eigenvalue weighted by molar-refractivity contribution is -0.0229. The molecule has 1 saturated carbocycles. The number of nitrogens with zero attached hydrogens (tertiary/aromatic N) is 1. The van der Waals surface area contributed by atoms with Crippen molar-refractivity contribution in [1.82, 2.24) is 4.90 Å². The first-order chi connectivity index (χ1) is 13.1. The van der Waals surface area contributed by atoms with E-state index in [0.29, 0.717) is 19.1 Å². The monoisotopic (exact) mass is 376 g/mol. The summed E-state index contributed by atoms with van der Waals surface area (Å²) in [5, 5.41) is 0. The van der Waals surface area contributed by atoms with Gasteiger partial charge in [-0.2, -0.15) is 0 Å². The number of piperidine rings is 1. The second kappa shape index (κ2) is 9.42. The van der Waals surface area contributed by atoms with Gasteiger partial charge >= 0.3 is 6.09 Å². The summed E-state index contributed by atoms with van der Waals surface area (Å²) in [6, 6.07) is 8.26. The summed E-state index contributed by atoms with van der Waals surface area (Å²) in [7, 11) is 3.11. The van der Waals surface area contributed by atoms with Gasteiger partial charge in [0.1, 0.15) is 5.75 Å². The van der Waals surface area contributed by atoms with Crippen LogP contribution >= 0.6 is 0 Å². The summed E-state index contributed by atoms with van der Waals surface area (Å²) in [6.45, 7) is 1.19. The van der Waals surface area contributed by atoms with Crippen molar-refractivity contribution in [2.75, 3.05) is 27.4 Å². The van der Waals surface area contributed by atoms with Crippen LogP contribution in [-0.4, -0.2) is 56.6 Å². The second-order valence-corrected chi connectivity index (χ2v) is 7.62. The minimum Gasteiger partial charge on any atom is -0.497 e. The molecule has 1 aliphatic heterocycles. The molecule has 150 valence electrons. The average molecular weight is 376 g/mol. The van der Waals surface area contributed by atoms with Gasteiger partial charge in [-0.25, -0.2) is 4.79 Å². The second-order valence-electron chi connectivity index (χ2n) is 7.62. The van der Waals surface area contributed by atoms with E-state index in [1.807, 2.05) is 12.1 Å². The number of rotatable bonds is 5. The van der Waals surface area contributed by atoms with E-state index in [-0.39, 0.29) is 24.3 Å². The van der Waals surface area contributed by atoms with Crippen LogP contribution in [0.1, 0.15) is 50.0 Å². The van der Waals surface area contributed by atoms with Crippen molar-refractivity contribution in [3.8, 4) is 5.75 Å². The number of carbonyl (C=O) groups is 1. The smallest absolute Gasteiger partial charge is 0.409 e. The first kappa shape index (κ1) is 20.0. The van der Waals surface area contributed by atoms with Gasteiger partial charge in [-0.15, -0.1) is 0 Å². The maximum absolute atomic E-state index is 12.0. The van der Waals surface area contributed by atoms with Crippen molar-refractivity contribution in [2.45, 2.75) is 62.6 Å². The molecule has 1 aromatic rings. The fourth-order valence-electron chi connectivity index (χ4n) is 4.32. The van der Waals surface area contributed by atoms with Crippen molar-refractivity contribution in [2.24, 2.45) is 5.73 Å². The highest BCUT2D eigenvalue weighted by atomic mass is 16.5. The van der Waals surface area contributed by atoms with E-state index < -0.39 is 0 Å². The third-order valence-corrected chi connectivity index (χ3v) is 6.00. The lowest BCUT2D eigenvalue weighted by Gasteiger charge is -2.39. The van der Waals surface area contributed by atoms with Gasteiger partial charge in [0.2, 0.25) is 0 Å². The van der Waals surface area contributed by atoms with Gasteiger partial charge in [0.05, 0.1) is 33.0 Å². The van der Waals surface area contributed by atoms with E-state index >= 15 is 0 Å². The van der Waals surface area contributed by atoms with Crippen LogP contribution in [-0.2, 0) is 9.47 Å². The van der Waals surface area contributed by atoms with Crippen LogP contribution in [0.5, 0.6) is 5.75 Å². The molecule has 2 N–H and O–H groups in total. The molecule has 1 aromatic carbocycles. The summed E-state index contributed by atoms with van der Waals surface area (Å²) in [5.74, 6) is 1.48. The van der Waals surface area contributed by atoms with Crippen molar-refractivity contribution in [3.63, 3.8) is 0 Å². The molecule has 1 amide bonds. The highest BCUT2D eigenvalue weighted by Crippen LogP contribution is 2.35. The van der Waals surface area contributed by atoms with Crippen LogP contribution < -0.4 is 10.5 Å². The molecule has 2 fully saturated rings. The molecule has 0 radical (unpaired) electrons. The van der Waals surface area contributed by atoms with Crippen molar-refractivity contribution < 1.29 is 19.0 Å². The number of ether oxygens (including phenoxy) is 3. The van der Waals surface area contributed by atoms with Crippen molar-refractivity contribution in [3.05, 3.63) is 29.8 Å². The molecule has 0 bridgehead atoms. The fraction of sp³-hybridized carbons (Fsp3) is 0.667. The molecule has 1 heterocycles. The Kier molecular flexibility index (Phi) is 6.96. The highest BCUT2D eigenvalue weighted by molar-refractivity contribution is 5.68. The van der Waals surface area contributed by atoms with Gasteiger partial charge in [-0.1, -0.05) is 12.1 Å². The molecule has 0 aromatic heterocycles. The number of amides is 1. The zero-order valence-corrected chi connectivity index (χ0v) is 16.4. The molecule has 0 spiro atoms. The third-order valence-electron chi connectivity index (χ3n) is 6.00. The Bertz CT molecular complexity index is 599. The maximum atomic E-state index is 12.0. The summed E-state index contributed by atoms with van der Waals surface area (Å²) in [5.41, 5.74) is 7.63. The first-order valence-corrected chi connectivity index (χ1v) is 9.98. The van der Waals surface area contributed by atoms with Gasteiger partial charge < -0.3 is 24.8 Å². The number of hydrogen-bond acceptors (Lipinski definition) is 5. The molecule has 2 atom stereocenters. The molecular formula is C21H32N2O4. The molecule has 1 aliphatic carbocycles. The molecule has 2 aliphatic rings. The average Bonchev–Trinajstić information content (AvgIpc) is 2.72. The fourth-order valence-corrected chi connectivity index (χ4v) is 4.32. The number of nitrogens with two attached hydrogens (primary N) is 1. The van der Waals surface area contributed by atoms with Crippen LogP contribution in [0.25, 0.3) is 0 Å². The Balaban J connectivity index is 1.48. The van der Waals surface area contributed by atoms with Gasteiger partial charge in [0, 0.05) is 12.6 Å². The van der Waals surface area contributed by atoms with E-state index in [1.54, 1.807) is 12.0 Å². The SMILES string of the molecule is COC(=O)N1CCCC(N)[C@@H]1COC1CCC(c2ccc(OC)cc2)CC1. The quantitative estimate of drug-likeness (QED) is 0.853. The lowest BCUT2D eigenvalue weighted by atomic mass is 9.82.